The van der Waals surface area contributed by atoms with E-state index in [9.17, 15) is 14.7 Å². The molecule has 6 heteroatoms. The van der Waals surface area contributed by atoms with Crippen molar-refractivity contribution in [3.8, 4) is 0 Å². The monoisotopic (exact) mass is 610 g/mol. The highest BCUT2D eigenvalue weighted by atomic mass is 16.6. The molecular weight excluding hydrogens is 538 g/mol. The Morgan fingerprint density at radius 2 is 0.907 bits per heavy atom. The summed E-state index contributed by atoms with van der Waals surface area (Å²) in [6.45, 7) is 3.20. The molecule has 6 nitrogen and oxygen atoms in total. The lowest BCUT2D eigenvalue weighted by Gasteiger charge is -2.19. The number of carbonyl (C=O) groups excluding carboxylic acids is 2. The number of esters is 1. The van der Waals surface area contributed by atoms with Gasteiger partial charge in [0.1, 0.15) is 12.2 Å². The first-order valence-electron chi connectivity index (χ1n) is 18.4. The first kappa shape index (κ1) is 41.6. The summed E-state index contributed by atoms with van der Waals surface area (Å²) in [7, 11) is 0. The Kier molecular flexibility index (Phi) is 31.0. The largest absolute Gasteiger partial charge is 0.455 e. The molecule has 0 fully saturated rings. The quantitative estimate of drug-likeness (QED) is 0.0390. The maximum absolute atomic E-state index is 12.1. The number of hydrogen-bond acceptors (Lipinski definition) is 5. The van der Waals surface area contributed by atoms with E-state index in [1.54, 1.807) is 0 Å². The van der Waals surface area contributed by atoms with E-state index < -0.39 is 30.7 Å². The van der Waals surface area contributed by atoms with Gasteiger partial charge < -0.3 is 20.7 Å². The van der Waals surface area contributed by atoms with Crippen LogP contribution in [0.4, 0.5) is 0 Å². The van der Waals surface area contributed by atoms with Crippen LogP contribution in [0.25, 0.3) is 0 Å². The van der Waals surface area contributed by atoms with Crippen LogP contribution in [-0.2, 0) is 14.3 Å². The lowest BCUT2D eigenvalue weighted by Crippen LogP contribution is -2.33. The van der Waals surface area contributed by atoms with Gasteiger partial charge in [0.15, 0.2) is 0 Å². The van der Waals surface area contributed by atoms with E-state index in [2.05, 4.69) is 6.92 Å². The topological polar surface area (TPSA) is 110 Å². The maximum atomic E-state index is 12.1. The van der Waals surface area contributed by atoms with Crippen LogP contribution < -0.4 is 5.73 Å². The van der Waals surface area contributed by atoms with Gasteiger partial charge in [0, 0.05) is 12.0 Å². The molecule has 0 aromatic carbocycles. The molecule has 0 aliphatic rings. The molecule has 0 radical (unpaired) electrons. The average molecular weight is 610 g/mol. The normalized spacial score (nSPS) is 13.3. The van der Waals surface area contributed by atoms with Crippen molar-refractivity contribution < 1.29 is 24.5 Å². The summed E-state index contributed by atoms with van der Waals surface area (Å²) in [5.41, 5.74) is 5.38. The van der Waals surface area contributed by atoms with Gasteiger partial charge in [-0.1, -0.05) is 174 Å². The van der Waals surface area contributed by atoms with Crippen LogP contribution in [0.2, 0.25) is 0 Å². The number of nitrogens with two attached hydrogens (primary N) is 1. The van der Waals surface area contributed by atoms with Crippen LogP contribution in [0.1, 0.15) is 194 Å². The van der Waals surface area contributed by atoms with E-state index >= 15 is 0 Å². The molecule has 1 amide bonds. The van der Waals surface area contributed by atoms with Crippen LogP contribution in [0.3, 0.4) is 0 Å². The predicted octanol–water partition coefficient (Wildman–Crippen LogP) is 9.63. The fourth-order valence-electron chi connectivity index (χ4n) is 5.63. The molecule has 0 heterocycles. The first-order chi connectivity index (χ1) is 20.9. The van der Waals surface area contributed by atoms with E-state index in [0.29, 0.717) is 0 Å². The second-order valence-corrected chi connectivity index (χ2v) is 12.9. The van der Waals surface area contributed by atoms with Crippen molar-refractivity contribution in [1.29, 1.82) is 0 Å². The van der Waals surface area contributed by atoms with Crippen LogP contribution in [0, 0.1) is 0 Å². The molecule has 0 saturated heterocycles. The minimum atomic E-state index is -1.28. The van der Waals surface area contributed by atoms with Crippen molar-refractivity contribution in [3.05, 3.63) is 11.6 Å². The molecule has 4 N–H and O–H groups in total. The summed E-state index contributed by atoms with van der Waals surface area (Å²) < 4.78 is 5.25. The van der Waals surface area contributed by atoms with Crippen molar-refractivity contribution >= 4 is 11.9 Å². The highest BCUT2D eigenvalue weighted by Crippen LogP contribution is 2.16. The molecular formula is C37H71NO5. The molecule has 43 heavy (non-hydrogen) atoms. The summed E-state index contributed by atoms with van der Waals surface area (Å²) in [5.74, 6) is -1.10. The van der Waals surface area contributed by atoms with Gasteiger partial charge in [-0.05, 0) is 19.4 Å². The summed E-state index contributed by atoms with van der Waals surface area (Å²) >= 11 is 0. The van der Waals surface area contributed by atoms with Crippen molar-refractivity contribution in [2.45, 2.75) is 206 Å². The van der Waals surface area contributed by atoms with Crippen LogP contribution in [-0.4, -0.2) is 40.9 Å². The van der Waals surface area contributed by atoms with Crippen molar-refractivity contribution in [1.82, 2.24) is 0 Å². The second kappa shape index (κ2) is 32.0. The van der Waals surface area contributed by atoms with Crippen LogP contribution >= 0.6 is 0 Å². The van der Waals surface area contributed by atoms with Crippen LogP contribution in [0.5, 0.6) is 0 Å². The number of primary amides is 1. The number of rotatable bonds is 33. The number of carbonyl (C=O) groups is 2. The zero-order chi connectivity index (χ0) is 31.8. The minimum absolute atomic E-state index is 0.181. The highest BCUT2D eigenvalue weighted by molar-refractivity contribution is 5.91. The van der Waals surface area contributed by atoms with Gasteiger partial charge in [-0.25, -0.2) is 0 Å². The number of hydrogen-bond donors (Lipinski definition) is 3. The molecule has 0 aliphatic carbocycles. The molecule has 0 spiro atoms. The Balaban J connectivity index is 3.39. The van der Waals surface area contributed by atoms with Crippen molar-refractivity contribution in [2.24, 2.45) is 5.73 Å². The Bertz CT molecular complexity index is 665. The van der Waals surface area contributed by atoms with E-state index in [4.69, 9.17) is 15.6 Å². The third kappa shape index (κ3) is 29.1. The number of ether oxygens (including phenoxy) is 1. The van der Waals surface area contributed by atoms with E-state index in [1.807, 2.05) is 0 Å². The Hall–Kier alpha value is -1.40. The summed E-state index contributed by atoms with van der Waals surface area (Å²) in [5, 5.41) is 19.0. The molecule has 254 valence electrons. The summed E-state index contributed by atoms with van der Waals surface area (Å²) in [6, 6.07) is 0. The molecule has 0 aromatic heterocycles. The molecule has 0 aliphatic heterocycles. The number of amides is 1. The molecule has 0 rings (SSSR count). The Labute approximate surface area is 266 Å². The average Bonchev–Trinajstić information content (AvgIpc) is 2.99. The SMILES string of the molecule is CCCCCCCCCCCCCCCCCCCCCCCCCCCCCC(=O)OC(C=C(C)C(N)=O)C(O)CO. The highest BCUT2D eigenvalue weighted by Gasteiger charge is 2.21. The van der Waals surface area contributed by atoms with Gasteiger partial charge in [-0.15, -0.1) is 0 Å². The minimum Gasteiger partial charge on any atom is -0.455 e. The zero-order valence-corrected chi connectivity index (χ0v) is 28.4. The molecule has 2 atom stereocenters. The fraction of sp³-hybridized carbons (Fsp3) is 0.892. The van der Waals surface area contributed by atoms with E-state index in [-0.39, 0.29) is 12.0 Å². The summed E-state index contributed by atoms with van der Waals surface area (Å²) in [4.78, 5) is 23.3. The molecule has 2 unspecified atom stereocenters. The second-order valence-electron chi connectivity index (χ2n) is 12.9. The van der Waals surface area contributed by atoms with Gasteiger partial charge >= 0.3 is 5.97 Å². The van der Waals surface area contributed by atoms with E-state index in [0.717, 1.165) is 19.3 Å². The Morgan fingerprint density at radius 3 is 1.19 bits per heavy atom. The first-order valence-corrected chi connectivity index (χ1v) is 18.4. The van der Waals surface area contributed by atoms with Gasteiger partial charge in [0.25, 0.3) is 0 Å². The third-order valence-corrected chi connectivity index (χ3v) is 8.62. The lowest BCUT2D eigenvalue weighted by atomic mass is 10.0. The zero-order valence-electron chi connectivity index (χ0n) is 28.4. The Morgan fingerprint density at radius 1 is 0.605 bits per heavy atom. The lowest BCUT2D eigenvalue weighted by molar-refractivity contribution is -0.153. The smallest absolute Gasteiger partial charge is 0.306 e. The van der Waals surface area contributed by atoms with Crippen molar-refractivity contribution in [3.63, 3.8) is 0 Å². The number of aliphatic hydroxyl groups is 2. The third-order valence-electron chi connectivity index (χ3n) is 8.62. The predicted molar refractivity (Wildman–Crippen MR) is 181 cm³/mol. The standard InChI is InChI=1S/C37H71NO5/c1-3-4-5-6-7-8-9-10-11-12-13-14-15-16-17-18-19-20-21-22-23-24-25-26-27-28-29-30-36(41)43-35(34(40)32-39)31-33(2)37(38)42/h31,34-35,39-40H,3-30,32H2,1-2H3,(H2,38,42). The number of aliphatic hydroxyl groups excluding tert-OH is 2. The van der Waals surface area contributed by atoms with Gasteiger partial charge in [0.05, 0.1) is 6.61 Å². The van der Waals surface area contributed by atoms with Gasteiger partial charge in [-0.2, -0.15) is 0 Å². The van der Waals surface area contributed by atoms with Crippen molar-refractivity contribution in [2.75, 3.05) is 6.61 Å². The van der Waals surface area contributed by atoms with E-state index in [1.165, 1.54) is 167 Å². The molecule has 0 saturated carbocycles. The maximum Gasteiger partial charge on any atom is 0.306 e. The van der Waals surface area contributed by atoms with Gasteiger partial charge in [-0.3, -0.25) is 9.59 Å². The van der Waals surface area contributed by atoms with Gasteiger partial charge in [0.2, 0.25) is 5.91 Å². The molecule has 0 bridgehead atoms. The number of unbranched alkanes of at least 4 members (excludes halogenated alkanes) is 26. The summed E-state index contributed by atoms with van der Waals surface area (Å²) in [6.07, 6.45) is 35.6. The fourth-order valence-corrected chi connectivity index (χ4v) is 5.63. The van der Waals surface area contributed by atoms with Crippen LogP contribution in [0.15, 0.2) is 11.6 Å². The molecule has 0 aromatic rings.